The van der Waals surface area contributed by atoms with Gasteiger partial charge in [0.1, 0.15) is 5.78 Å². The number of ketones is 1. The second-order valence-corrected chi connectivity index (χ2v) is 22.8. The van der Waals surface area contributed by atoms with E-state index in [2.05, 4.69) is 74.3 Å². The van der Waals surface area contributed by atoms with Crippen molar-refractivity contribution in [1.82, 2.24) is 0 Å². The first kappa shape index (κ1) is 32.2. The average Bonchev–Trinajstić information content (AvgIpc) is 2.61. The van der Waals surface area contributed by atoms with E-state index in [4.69, 9.17) is 8.85 Å². The highest BCUT2D eigenvalue weighted by atomic mass is 28.4. The molecule has 0 spiro atoms. The molecule has 5 nitrogen and oxygen atoms in total. The Bertz CT molecular complexity index is 698. The molecule has 4 atom stereocenters. The largest absolute Gasteiger partial charge is 0.481 e. The highest BCUT2D eigenvalue weighted by molar-refractivity contribution is 6.74. The molecule has 0 aliphatic carbocycles. The monoisotopic (exact) mass is 500 g/mol. The van der Waals surface area contributed by atoms with Crippen LogP contribution in [-0.2, 0) is 18.4 Å². The van der Waals surface area contributed by atoms with E-state index in [0.717, 1.165) is 0 Å². The van der Waals surface area contributed by atoms with Crippen molar-refractivity contribution in [3.05, 3.63) is 12.7 Å². The molecule has 0 bridgehead atoms. The number of carbonyl (C=O) groups is 2. The normalized spacial score (nSPS) is 17.8. The molecule has 0 aromatic heterocycles. The fourth-order valence-corrected chi connectivity index (χ4v) is 6.24. The SMILES string of the molecule is C=C[C@@H](C)[C@H](O[Si](C)(C)C(C)(C)C)[C@@H](C)C(=O)C(C)(C)[C@H](CC(=O)O)O[Si](C)(C)C(C)(C)C. The molecule has 0 saturated carbocycles. The Labute approximate surface area is 206 Å². The van der Waals surface area contributed by atoms with E-state index in [-0.39, 0.29) is 34.3 Å². The fraction of sp³-hybridized carbons (Fsp3) is 0.846. The minimum atomic E-state index is -2.30. The van der Waals surface area contributed by atoms with Crippen molar-refractivity contribution in [3.63, 3.8) is 0 Å². The van der Waals surface area contributed by atoms with E-state index >= 15 is 0 Å². The zero-order valence-electron chi connectivity index (χ0n) is 23.9. The molecule has 0 aliphatic rings. The van der Waals surface area contributed by atoms with Gasteiger partial charge in [-0.05, 0) is 42.2 Å². The molecule has 0 rings (SSSR count). The summed E-state index contributed by atoms with van der Waals surface area (Å²) in [6.45, 7) is 33.0. The topological polar surface area (TPSA) is 72.8 Å². The number of Topliss-reactive ketones (excluding diaryl/α,β-unsaturated/α-hetero) is 1. The first-order chi connectivity index (χ1) is 14.4. The van der Waals surface area contributed by atoms with Crippen LogP contribution < -0.4 is 0 Å². The van der Waals surface area contributed by atoms with Crippen molar-refractivity contribution in [2.24, 2.45) is 17.3 Å². The lowest BCUT2D eigenvalue weighted by molar-refractivity contribution is -0.146. The number of carbonyl (C=O) groups excluding carboxylic acids is 1. The number of hydrogen-bond donors (Lipinski definition) is 1. The molecule has 0 radical (unpaired) electrons. The van der Waals surface area contributed by atoms with Gasteiger partial charge in [0.2, 0.25) is 0 Å². The Hall–Kier alpha value is -0.766. The minimum absolute atomic E-state index is 0.00170. The number of carboxylic acids is 1. The van der Waals surface area contributed by atoms with Crippen molar-refractivity contribution in [3.8, 4) is 0 Å². The maximum absolute atomic E-state index is 14.0. The van der Waals surface area contributed by atoms with Gasteiger partial charge < -0.3 is 14.0 Å². The third-order valence-corrected chi connectivity index (χ3v) is 17.0. The van der Waals surface area contributed by atoms with Gasteiger partial charge in [-0.2, -0.15) is 0 Å². The molecule has 0 aromatic carbocycles. The van der Waals surface area contributed by atoms with Crippen LogP contribution in [0.15, 0.2) is 12.7 Å². The van der Waals surface area contributed by atoms with Crippen LogP contribution in [0, 0.1) is 17.3 Å². The van der Waals surface area contributed by atoms with Crippen molar-refractivity contribution in [1.29, 1.82) is 0 Å². The highest BCUT2D eigenvalue weighted by Gasteiger charge is 2.49. The molecule has 0 fully saturated rings. The zero-order valence-corrected chi connectivity index (χ0v) is 25.9. The Morgan fingerprint density at radius 1 is 0.879 bits per heavy atom. The van der Waals surface area contributed by atoms with Gasteiger partial charge >= 0.3 is 5.97 Å². The lowest BCUT2D eigenvalue weighted by Gasteiger charge is -2.46. The van der Waals surface area contributed by atoms with E-state index < -0.39 is 40.0 Å². The summed E-state index contributed by atoms with van der Waals surface area (Å²) >= 11 is 0. The van der Waals surface area contributed by atoms with Crippen LogP contribution in [0.5, 0.6) is 0 Å². The molecular formula is C26H52O5Si2. The smallest absolute Gasteiger partial charge is 0.305 e. The van der Waals surface area contributed by atoms with Gasteiger partial charge in [0.25, 0.3) is 0 Å². The van der Waals surface area contributed by atoms with Gasteiger partial charge in [0.15, 0.2) is 16.6 Å². The maximum atomic E-state index is 14.0. The van der Waals surface area contributed by atoms with Gasteiger partial charge in [-0.3, -0.25) is 9.59 Å². The summed E-state index contributed by atoms with van der Waals surface area (Å²) in [6.07, 6.45) is 0.602. The first-order valence-electron chi connectivity index (χ1n) is 12.2. The highest BCUT2D eigenvalue weighted by Crippen LogP contribution is 2.43. The van der Waals surface area contributed by atoms with Crippen molar-refractivity contribution in [2.45, 2.75) is 124 Å². The van der Waals surface area contributed by atoms with Gasteiger partial charge in [-0.1, -0.05) is 75.3 Å². The molecule has 0 amide bonds. The van der Waals surface area contributed by atoms with Gasteiger partial charge in [-0.25, -0.2) is 0 Å². The summed E-state index contributed by atoms with van der Waals surface area (Å²) in [4.78, 5) is 25.7. The zero-order chi connectivity index (χ0) is 26.8. The number of aliphatic carboxylic acids is 1. The molecule has 0 saturated heterocycles. The van der Waals surface area contributed by atoms with Gasteiger partial charge in [0, 0.05) is 11.3 Å². The van der Waals surface area contributed by atoms with Crippen LogP contribution >= 0.6 is 0 Å². The molecule has 194 valence electrons. The number of rotatable bonds is 12. The minimum Gasteiger partial charge on any atom is -0.481 e. The van der Waals surface area contributed by atoms with Crippen LogP contribution in [0.2, 0.25) is 36.3 Å². The van der Waals surface area contributed by atoms with Crippen LogP contribution in [0.3, 0.4) is 0 Å². The quantitative estimate of drug-likeness (QED) is 0.225. The van der Waals surface area contributed by atoms with Gasteiger partial charge in [0.05, 0.1) is 18.6 Å². The second kappa shape index (κ2) is 10.9. The number of hydrogen-bond acceptors (Lipinski definition) is 4. The van der Waals surface area contributed by atoms with Crippen molar-refractivity contribution >= 4 is 28.4 Å². The Balaban J connectivity index is 6.23. The standard InChI is InChI=1S/C26H52O5Si2/c1-16-18(2)22(31-33(14,15)25(7,8)9)19(3)23(29)26(10,11)20(17-21(27)28)30-32(12,13)24(4,5)6/h16,18-20,22H,1,17H2,2-15H3,(H,27,28)/t18-,19-,20+,22+/m1/s1. The molecule has 0 aromatic rings. The van der Waals surface area contributed by atoms with Crippen molar-refractivity contribution < 1.29 is 23.5 Å². The third-order valence-electron chi connectivity index (χ3n) is 8.08. The number of carboxylic acid groups (broad SMARTS) is 1. The second-order valence-electron chi connectivity index (χ2n) is 13.3. The lowest BCUT2D eigenvalue weighted by atomic mass is 9.73. The molecule has 7 heteroatoms. The van der Waals surface area contributed by atoms with Crippen LogP contribution in [0.25, 0.3) is 0 Å². The first-order valence-corrected chi connectivity index (χ1v) is 18.0. The van der Waals surface area contributed by atoms with E-state index in [1.807, 2.05) is 33.8 Å². The average molecular weight is 501 g/mol. The van der Waals surface area contributed by atoms with E-state index in [0.29, 0.717) is 0 Å². The Kier molecular flexibility index (Phi) is 10.6. The summed E-state index contributed by atoms with van der Waals surface area (Å²) in [5.41, 5.74) is -0.983. The predicted octanol–water partition coefficient (Wildman–Crippen LogP) is 7.30. The summed E-state index contributed by atoms with van der Waals surface area (Å²) in [6, 6.07) is 0. The molecule has 1 N–H and O–H groups in total. The fourth-order valence-electron chi connectivity index (χ4n) is 3.35. The summed E-state index contributed by atoms with van der Waals surface area (Å²) < 4.78 is 13.3. The molecule has 33 heavy (non-hydrogen) atoms. The van der Waals surface area contributed by atoms with Gasteiger partial charge in [-0.15, -0.1) is 6.58 Å². The lowest BCUT2D eigenvalue weighted by Crippen LogP contribution is -2.54. The molecule has 0 aliphatic heterocycles. The van der Waals surface area contributed by atoms with E-state index in [9.17, 15) is 14.7 Å². The van der Waals surface area contributed by atoms with Crippen LogP contribution in [-0.4, -0.2) is 45.7 Å². The maximum Gasteiger partial charge on any atom is 0.305 e. The third kappa shape index (κ3) is 8.15. The van der Waals surface area contributed by atoms with Crippen molar-refractivity contribution in [2.75, 3.05) is 0 Å². The van der Waals surface area contributed by atoms with Crippen LogP contribution in [0.1, 0.15) is 75.7 Å². The van der Waals surface area contributed by atoms with E-state index in [1.54, 1.807) is 0 Å². The molecule has 0 heterocycles. The Morgan fingerprint density at radius 2 is 1.27 bits per heavy atom. The Morgan fingerprint density at radius 3 is 1.61 bits per heavy atom. The summed E-state index contributed by atoms with van der Waals surface area (Å²) in [7, 11) is -4.45. The predicted molar refractivity (Wildman–Crippen MR) is 144 cm³/mol. The molecule has 0 unspecified atom stereocenters. The molecular weight excluding hydrogens is 448 g/mol. The van der Waals surface area contributed by atoms with E-state index in [1.165, 1.54) is 0 Å². The summed E-state index contributed by atoms with van der Waals surface area (Å²) in [5.74, 6) is -1.43. The van der Waals surface area contributed by atoms with Crippen LogP contribution in [0.4, 0.5) is 0 Å². The summed E-state index contributed by atoms with van der Waals surface area (Å²) in [5, 5.41) is 9.54.